The van der Waals surface area contributed by atoms with Gasteiger partial charge in [0, 0.05) is 22.0 Å². The Balaban J connectivity index is 2.36. The van der Waals surface area contributed by atoms with E-state index in [9.17, 15) is 5.11 Å². The summed E-state index contributed by atoms with van der Waals surface area (Å²) in [4.78, 5) is 0. The summed E-state index contributed by atoms with van der Waals surface area (Å²) in [6.07, 6.45) is 6.17. The Morgan fingerprint density at radius 3 is 2.50 bits per heavy atom. The van der Waals surface area contributed by atoms with Gasteiger partial charge in [-0.15, -0.1) is 0 Å². The van der Waals surface area contributed by atoms with Gasteiger partial charge in [0.05, 0.1) is 13.2 Å². The van der Waals surface area contributed by atoms with E-state index in [1.807, 2.05) is 18.2 Å². The second-order valence-electron chi connectivity index (χ2n) is 5.77. The highest BCUT2D eigenvalue weighted by molar-refractivity contribution is 9.10. The van der Waals surface area contributed by atoms with Crippen molar-refractivity contribution in [2.45, 2.75) is 44.6 Å². The normalized spacial score (nSPS) is 20.2. The maximum absolute atomic E-state index is 11.0. The van der Waals surface area contributed by atoms with Crippen LogP contribution in [0.1, 0.15) is 50.2 Å². The summed E-state index contributed by atoms with van der Waals surface area (Å²) >= 11 is 3.47. The van der Waals surface area contributed by atoms with Crippen LogP contribution in [0.15, 0.2) is 22.7 Å². The molecular weight excluding hydrogens is 318 g/mol. The molecule has 3 N–H and O–H groups in total. The van der Waals surface area contributed by atoms with Gasteiger partial charge in [-0.2, -0.15) is 0 Å². The predicted octanol–water partition coefficient (Wildman–Crippen LogP) is 3.79. The van der Waals surface area contributed by atoms with E-state index in [0.717, 1.165) is 41.5 Å². The lowest BCUT2D eigenvalue weighted by atomic mass is 9.73. The van der Waals surface area contributed by atoms with E-state index in [1.165, 1.54) is 12.8 Å². The highest BCUT2D eigenvalue weighted by Gasteiger charge is 2.39. The predicted molar refractivity (Wildman–Crippen MR) is 84.8 cm³/mol. The fourth-order valence-corrected chi connectivity index (χ4v) is 3.65. The van der Waals surface area contributed by atoms with Crippen LogP contribution < -0.4 is 10.5 Å². The lowest BCUT2D eigenvalue weighted by molar-refractivity contribution is 0.0150. The quantitative estimate of drug-likeness (QED) is 0.819. The Morgan fingerprint density at radius 1 is 1.30 bits per heavy atom. The molecule has 20 heavy (non-hydrogen) atoms. The summed E-state index contributed by atoms with van der Waals surface area (Å²) in [6.45, 7) is 0.518. The van der Waals surface area contributed by atoms with Crippen LogP contribution in [-0.4, -0.2) is 18.8 Å². The summed E-state index contributed by atoms with van der Waals surface area (Å²) < 4.78 is 6.36. The molecule has 1 aromatic carbocycles. The maximum atomic E-state index is 11.0. The summed E-state index contributed by atoms with van der Waals surface area (Å²) in [7, 11) is 1.64. The molecule has 0 amide bonds. The fourth-order valence-electron chi connectivity index (χ4n) is 3.27. The number of methoxy groups -OCH3 is 1. The molecule has 1 aliphatic carbocycles. The largest absolute Gasteiger partial charge is 0.496 e. The SMILES string of the molecule is COc1ccc(Br)cc1C(O)C1(CN)CCCCCC1. The molecule has 112 valence electrons. The molecule has 1 fully saturated rings. The average Bonchev–Trinajstić information content (AvgIpc) is 2.72. The first-order valence-electron chi connectivity index (χ1n) is 7.34. The molecule has 0 heterocycles. The van der Waals surface area contributed by atoms with Crippen LogP contribution in [0.25, 0.3) is 0 Å². The van der Waals surface area contributed by atoms with Crippen molar-refractivity contribution in [3.63, 3.8) is 0 Å². The molecule has 0 aliphatic heterocycles. The highest BCUT2D eigenvalue weighted by atomic mass is 79.9. The number of hydrogen-bond acceptors (Lipinski definition) is 3. The zero-order chi connectivity index (χ0) is 14.6. The minimum absolute atomic E-state index is 0.218. The Hall–Kier alpha value is -0.580. The summed E-state index contributed by atoms with van der Waals surface area (Å²) in [5.74, 6) is 0.734. The third-order valence-electron chi connectivity index (χ3n) is 4.57. The second kappa shape index (κ2) is 6.92. The van der Waals surface area contributed by atoms with Gasteiger partial charge in [0.25, 0.3) is 0 Å². The lowest BCUT2D eigenvalue weighted by Crippen LogP contribution is -2.36. The molecule has 3 nitrogen and oxygen atoms in total. The number of benzene rings is 1. The van der Waals surface area contributed by atoms with E-state index in [0.29, 0.717) is 6.54 Å². The summed E-state index contributed by atoms with van der Waals surface area (Å²) in [5, 5.41) is 11.0. The number of halogens is 1. The maximum Gasteiger partial charge on any atom is 0.124 e. The van der Waals surface area contributed by atoms with E-state index in [1.54, 1.807) is 7.11 Å². The first-order valence-corrected chi connectivity index (χ1v) is 8.14. The molecule has 1 aromatic rings. The van der Waals surface area contributed by atoms with Crippen LogP contribution in [0.3, 0.4) is 0 Å². The van der Waals surface area contributed by atoms with Crippen molar-refractivity contribution in [1.29, 1.82) is 0 Å². The summed E-state index contributed by atoms with van der Waals surface area (Å²) in [6, 6.07) is 5.77. The third kappa shape index (κ3) is 3.18. The molecule has 2 rings (SSSR count). The van der Waals surface area contributed by atoms with Crippen molar-refractivity contribution in [2.24, 2.45) is 11.1 Å². The monoisotopic (exact) mass is 341 g/mol. The van der Waals surface area contributed by atoms with E-state index in [2.05, 4.69) is 15.9 Å². The van der Waals surface area contributed by atoms with E-state index < -0.39 is 6.10 Å². The standard InChI is InChI=1S/C16H24BrNO2/c1-20-14-7-6-12(17)10-13(14)15(19)16(11-18)8-4-2-3-5-9-16/h6-7,10,15,19H,2-5,8-9,11,18H2,1H3. The topological polar surface area (TPSA) is 55.5 Å². The number of nitrogens with two attached hydrogens (primary N) is 1. The number of aliphatic hydroxyl groups excluding tert-OH is 1. The van der Waals surface area contributed by atoms with Crippen LogP contribution in [-0.2, 0) is 0 Å². The average molecular weight is 342 g/mol. The molecule has 1 unspecified atom stereocenters. The van der Waals surface area contributed by atoms with Crippen LogP contribution in [0, 0.1) is 5.41 Å². The number of aliphatic hydroxyl groups is 1. The minimum atomic E-state index is -0.571. The van der Waals surface area contributed by atoms with E-state index >= 15 is 0 Å². The molecule has 0 saturated heterocycles. The minimum Gasteiger partial charge on any atom is -0.496 e. The smallest absolute Gasteiger partial charge is 0.124 e. The Bertz CT molecular complexity index is 442. The molecule has 1 atom stereocenters. The highest BCUT2D eigenvalue weighted by Crippen LogP contribution is 2.46. The fraction of sp³-hybridized carbons (Fsp3) is 0.625. The van der Waals surface area contributed by atoms with E-state index in [4.69, 9.17) is 10.5 Å². The van der Waals surface area contributed by atoms with Gasteiger partial charge in [0.1, 0.15) is 5.75 Å². The molecule has 0 spiro atoms. The first-order chi connectivity index (χ1) is 9.63. The Morgan fingerprint density at radius 2 is 1.95 bits per heavy atom. The Kier molecular flexibility index (Phi) is 5.47. The van der Waals surface area contributed by atoms with Crippen molar-refractivity contribution < 1.29 is 9.84 Å². The van der Waals surface area contributed by atoms with Gasteiger partial charge in [-0.25, -0.2) is 0 Å². The molecule has 1 saturated carbocycles. The van der Waals surface area contributed by atoms with Gasteiger partial charge in [0.2, 0.25) is 0 Å². The van der Waals surface area contributed by atoms with Gasteiger partial charge in [-0.05, 0) is 31.0 Å². The van der Waals surface area contributed by atoms with Crippen molar-refractivity contribution in [1.82, 2.24) is 0 Å². The molecule has 1 aliphatic rings. The molecule has 0 bridgehead atoms. The van der Waals surface area contributed by atoms with Crippen molar-refractivity contribution in [3.8, 4) is 5.75 Å². The number of ether oxygens (including phenoxy) is 1. The van der Waals surface area contributed by atoms with E-state index in [-0.39, 0.29) is 5.41 Å². The second-order valence-corrected chi connectivity index (χ2v) is 6.69. The molecule has 0 aromatic heterocycles. The van der Waals surface area contributed by atoms with Crippen LogP contribution in [0.2, 0.25) is 0 Å². The number of rotatable bonds is 4. The zero-order valence-corrected chi connectivity index (χ0v) is 13.7. The van der Waals surface area contributed by atoms with Crippen LogP contribution >= 0.6 is 15.9 Å². The van der Waals surface area contributed by atoms with Gasteiger partial charge in [0.15, 0.2) is 0 Å². The van der Waals surface area contributed by atoms with Gasteiger partial charge in [-0.1, -0.05) is 41.6 Å². The molecule has 4 heteroatoms. The Labute approximate surface area is 129 Å². The first kappa shape index (κ1) is 15.8. The zero-order valence-electron chi connectivity index (χ0n) is 12.1. The summed E-state index contributed by atoms with van der Waals surface area (Å²) in [5.41, 5.74) is 6.69. The van der Waals surface area contributed by atoms with Crippen molar-refractivity contribution in [3.05, 3.63) is 28.2 Å². The number of hydrogen-bond donors (Lipinski definition) is 2. The van der Waals surface area contributed by atoms with Gasteiger partial charge < -0.3 is 15.6 Å². The van der Waals surface area contributed by atoms with Crippen LogP contribution in [0.4, 0.5) is 0 Å². The third-order valence-corrected chi connectivity index (χ3v) is 5.07. The molecular formula is C16H24BrNO2. The lowest BCUT2D eigenvalue weighted by Gasteiger charge is -2.37. The van der Waals surface area contributed by atoms with Crippen molar-refractivity contribution >= 4 is 15.9 Å². The van der Waals surface area contributed by atoms with Crippen LogP contribution in [0.5, 0.6) is 5.75 Å². The molecule has 0 radical (unpaired) electrons. The van der Waals surface area contributed by atoms with Gasteiger partial charge in [-0.3, -0.25) is 0 Å². The van der Waals surface area contributed by atoms with Crippen molar-refractivity contribution in [2.75, 3.05) is 13.7 Å². The van der Waals surface area contributed by atoms with Gasteiger partial charge >= 0.3 is 0 Å².